The predicted molar refractivity (Wildman–Crippen MR) is 73.9 cm³/mol. The van der Waals surface area contributed by atoms with Crippen molar-refractivity contribution < 1.29 is 18.3 Å². The second-order valence-corrected chi connectivity index (χ2v) is 5.46. The maximum absolute atomic E-state index is 13.9. The average Bonchev–Trinajstić information content (AvgIpc) is 2.39. The van der Waals surface area contributed by atoms with Gasteiger partial charge in [0.1, 0.15) is 17.5 Å². The highest BCUT2D eigenvalue weighted by Gasteiger charge is 2.21. The monoisotopic (exact) mass is 344 g/mol. The molecule has 0 heterocycles. The van der Waals surface area contributed by atoms with E-state index in [1.165, 1.54) is 31.2 Å². The summed E-state index contributed by atoms with van der Waals surface area (Å²) in [5, 5.41) is 10.0. The largest absolute Gasteiger partial charge is 0.388 e. The van der Waals surface area contributed by atoms with E-state index >= 15 is 0 Å². The summed E-state index contributed by atoms with van der Waals surface area (Å²) in [5.74, 6) is -2.16. The molecule has 0 fully saturated rings. The van der Waals surface area contributed by atoms with Gasteiger partial charge in [-0.3, -0.25) is 0 Å². The van der Waals surface area contributed by atoms with Crippen LogP contribution in [0.3, 0.4) is 0 Å². The van der Waals surface area contributed by atoms with Crippen LogP contribution in [0.25, 0.3) is 0 Å². The highest BCUT2D eigenvalue weighted by atomic mass is 79.9. The van der Waals surface area contributed by atoms with Crippen molar-refractivity contribution in [1.82, 2.24) is 0 Å². The van der Waals surface area contributed by atoms with Crippen LogP contribution in [-0.2, 0) is 6.42 Å². The molecule has 0 spiro atoms. The smallest absolute Gasteiger partial charge is 0.134 e. The zero-order chi connectivity index (χ0) is 14.9. The maximum atomic E-state index is 13.9. The van der Waals surface area contributed by atoms with Crippen molar-refractivity contribution in [3.63, 3.8) is 0 Å². The molecule has 20 heavy (non-hydrogen) atoms. The van der Waals surface area contributed by atoms with Gasteiger partial charge in [-0.1, -0.05) is 22.0 Å². The van der Waals surface area contributed by atoms with E-state index in [1.54, 1.807) is 0 Å². The first-order valence-corrected chi connectivity index (χ1v) is 6.76. The van der Waals surface area contributed by atoms with Crippen molar-refractivity contribution in [2.45, 2.75) is 19.4 Å². The highest BCUT2D eigenvalue weighted by molar-refractivity contribution is 9.10. The lowest BCUT2D eigenvalue weighted by Crippen LogP contribution is -2.09. The lowest BCUT2D eigenvalue weighted by molar-refractivity contribution is 0.167. The molecular formula is C15H12BrF3O. The fourth-order valence-electron chi connectivity index (χ4n) is 1.99. The molecule has 0 amide bonds. The van der Waals surface area contributed by atoms with Crippen molar-refractivity contribution >= 4 is 15.9 Å². The molecule has 1 unspecified atom stereocenters. The Bertz CT molecular complexity index is 643. The Kier molecular flexibility index (Phi) is 4.50. The Labute approximate surface area is 123 Å². The summed E-state index contributed by atoms with van der Waals surface area (Å²) >= 11 is 3.19. The Balaban J connectivity index is 2.35. The number of hydrogen-bond acceptors (Lipinski definition) is 1. The number of halogens is 4. The molecule has 0 aromatic heterocycles. The molecule has 0 aliphatic rings. The zero-order valence-electron chi connectivity index (χ0n) is 10.6. The van der Waals surface area contributed by atoms with Crippen LogP contribution in [0.4, 0.5) is 13.2 Å². The normalized spacial score (nSPS) is 12.5. The van der Waals surface area contributed by atoms with Gasteiger partial charge in [-0.2, -0.15) is 0 Å². The maximum Gasteiger partial charge on any atom is 0.134 e. The van der Waals surface area contributed by atoms with Crippen molar-refractivity contribution in [1.29, 1.82) is 0 Å². The number of aliphatic hydroxyl groups excluding tert-OH is 1. The molecule has 1 N–H and O–H groups in total. The molecule has 0 aliphatic heterocycles. The highest BCUT2D eigenvalue weighted by Crippen LogP contribution is 2.27. The average molecular weight is 345 g/mol. The molecule has 1 nitrogen and oxygen atoms in total. The third-order valence-electron chi connectivity index (χ3n) is 3.07. The molecule has 5 heteroatoms. The second kappa shape index (κ2) is 5.97. The van der Waals surface area contributed by atoms with E-state index in [-0.39, 0.29) is 17.5 Å². The third-order valence-corrected chi connectivity index (χ3v) is 3.57. The van der Waals surface area contributed by atoms with Gasteiger partial charge < -0.3 is 5.11 Å². The van der Waals surface area contributed by atoms with Crippen LogP contribution >= 0.6 is 15.9 Å². The first-order chi connectivity index (χ1) is 9.40. The Hall–Kier alpha value is -1.33. The van der Waals surface area contributed by atoms with Gasteiger partial charge in [0.25, 0.3) is 0 Å². The van der Waals surface area contributed by atoms with E-state index in [4.69, 9.17) is 0 Å². The number of benzene rings is 2. The van der Waals surface area contributed by atoms with E-state index in [0.29, 0.717) is 4.47 Å². The Morgan fingerprint density at radius 1 is 1.10 bits per heavy atom. The summed E-state index contributed by atoms with van der Waals surface area (Å²) < 4.78 is 41.8. The molecule has 1 atom stereocenters. The van der Waals surface area contributed by atoms with Crippen LogP contribution < -0.4 is 0 Å². The summed E-state index contributed by atoms with van der Waals surface area (Å²) in [6.45, 7) is 1.48. The molecule has 0 saturated heterocycles. The van der Waals surface area contributed by atoms with Gasteiger partial charge in [-0.15, -0.1) is 0 Å². The molecule has 0 bridgehead atoms. The zero-order valence-corrected chi connectivity index (χ0v) is 12.2. The summed E-state index contributed by atoms with van der Waals surface area (Å²) in [5.41, 5.74) is -0.00767. The number of aliphatic hydroxyl groups is 1. The predicted octanol–water partition coefficient (Wildman–Crippen LogP) is 4.45. The minimum Gasteiger partial charge on any atom is -0.388 e. The summed E-state index contributed by atoms with van der Waals surface area (Å²) in [4.78, 5) is 0. The van der Waals surface area contributed by atoms with Crippen LogP contribution in [0, 0.1) is 24.4 Å². The fourth-order valence-corrected chi connectivity index (χ4v) is 2.40. The van der Waals surface area contributed by atoms with E-state index < -0.39 is 29.1 Å². The minimum atomic E-state index is -1.45. The van der Waals surface area contributed by atoms with Crippen LogP contribution in [0.5, 0.6) is 0 Å². The van der Waals surface area contributed by atoms with Crippen molar-refractivity contribution in [3.8, 4) is 0 Å². The Morgan fingerprint density at radius 2 is 1.75 bits per heavy atom. The lowest BCUT2D eigenvalue weighted by Gasteiger charge is -2.15. The summed E-state index contributed by atoms with van der Waals surface area (Å²) in [6.07, 6.45) is -1.65. The van der Waals surface area contributed by atoms with Crippen LogP contribution in [-0.4, -0.2) is 5.11 Å². The molecule has 2 rings (SSSR count). The van der Waals surface area contributed by atoms with Crippen LogP contribution in [0.2, 0.25) is 0 Å². The van der Waals surface area contributed by atoms with E-state index in [9.17, 15) is 18.3 Å². The van der Waals surface area contributed by atoms with E-state index in [1.807, 2.05) is 0 Å². The van der Waals surface area contributed by atoms with Gasteiger partial charge in [0, 0.05) is 10.9 Å². The molecule has 0 radical (unpaired) electrons. The fraction of sp³-hybridized carbons (Fsp3) is 0.200. The molecular weight excluding hydrogens is 333 g/mol. The van der Waals surface area contributed by atoms with E-state index in [0.717, 1.165) is 6.07 Å². The number of aryl methyl sites for hydroxylation is 1. The summed E-state index contributed by atoms with van der Waals surface area (Å²) in [6, 6.07) is 6.60. The van der Waals surface area contributed by atoms with Gasteiger partial charge in [0.15, 0.2) is 0 Å². The van der Waals surface area contributed by atoms with Crippen LogP contribution in [0.15, 0.2) is 34.8 Å². The number of hydrogen-bond donors (Lipinski definition) is 1. The van der Waals surface area contributed by atoms with Crippen molar-refractivity contribution in [3.05, 3.63) is 68.9 Å². The molecule has 106 valence electrons. The topological polar surface area (TPSA) is 20.2 Å². The van der Waals surface area contributed by atoms with Gasteiger partial charge in [-0.25, -0.2) is 13.2 Å². The molecule has 0 aliphatic carbocycles. The molecule has 2 aromatic rings. The third kappa shape index (κ3) is 3.04. The van der Waals surface area contributed by atoms with Gasteiger partial charge in [0.2, 0.25) is 0 Å². The van der Waals surface area contributed by atoms with E-state index in [2.05, 4.69) is 15.9 Å². The second-order valence-electron chi connectivity index (χ2n) is 4.55. The SMILES string of the molecule is Cc1ccc(F)c(C(O)Cc2cc(Br)ccc2F)c1F. The standard InChI is InChI=1S/C15H12BrF3O/c1-8-2-4-12(18)14(15(8)19)13(20)7-9-6-10(16)3-5-11(9)17/h2-6,13,20H,7H2,1H3. The first kappa shape index (κ1) is 15.1. The summed E-state index contributed by atoms with van der Waals surface area (Å²) in [7, 11) is 0. The molecule has 2 aromatic carbocycles. The number of rotatable bonds is 3. The van der Waals surface area contributed by atoms with Crippen molar-refractivity contribution in [2.75, 3.05) is 0 Å². The minimum absolute atomic E-state index is 0.187. The first-order valence-electron chi connectivity index (χ1n) is 5.96. The molecule has 0 saturated carbocycles. The lowest BCUT2D eigenvalue weighted by atomic mass is 9.98. The van der Waals surface area contributed by atoms with Crippen molar-refractivity contribution in [2.24, 2.45) is 0 Å². The Morgan fingerprint density at radius 3 is 2.45 bits per heavy atom. The van der Waals surface area contributed by atoms with Gasteiger partial charge in [0.05, 0.1) is 11.7 Å². The quantitative estimate of drug-likeness (QED) is 0.871. The van der Waals surface area contributed by atoms with Crippen LogP contribution in [0.1, 0.15) is 22.8 Å². The van der Waals surface area contributed by atoms with Gasteiger partial charge in [-0.05, 0) is 42.3 Å². The van der Waals surface area contributed by atoms with Gasteiger partial charge >= 0.3 is 0 Å².